The van der Waals surface area contributed by atoms with E-state index in [0.717, 1.165) is 40.5 Å². The van der Waals surface area contributed by atoms with E-state index in [2.05, 4.69) is 56.7 Å². The molecular weight excluding hydrogens is 400 g/mol. The second-order valence-electron chi connectivity index (χ2n) is 7.82. The van der Waals surface area contributed by atoms with Crippen molar-refractivity contribution < 1.29 is 5.11 Å². The molecule has 3 N–H and O–H groups in total. The molecule has 0 fully saturated rings. The first-order valence-electron chi connectivity index (χ1n) is 10.7. The number of hydrogen-bond donors (Lipinski definition) is 3. The third kappa shape index (κ3) is 5.19. The van der Waals surface area contributed by atoms with Crippen LogP contribution in [0.4, 0.5) is 11.6 Å². The fourth-order valence-corrected chi connectivity index (χ4v) is 3.32. The Labute approximate surface area is 189 Å². The van der Waals surface area contributed by atoms with Crippen molar-refractivity contribution in [1.29, 1.82) is 0 Å². The number of hydrogen-bond acceptors (Lipinski definition) is 7. The van der Waals surface area contributed by atoms with E-state index in [1.807, 2.05) is 44.2 Å². The van der Waals surface area contributed by atoms with Crippen LogP contribution in [0.2, 0.25) is 0 Å². The van der Waals surface area contributed by atoms with Crippen molar-refractivity contribution in [2.45, 2.75) is 52.2 Å². The first kappa shape index (κ1) is 23.1. The van der Waals surface area contributed by atoms with Gasteiger partial charge in [0.05, 0.1) is 34.4 Å². The minimum atomic E-state index is -0.692. The molecule has 2 heterocycles. The van der Waals surface area contributed by atoms with Crippen molar-refractivity contribution in [2.75, 3.05) is 10.6 Å². The standard InChI is InChI=1S/C25H30N6O/c1-6-21(25(5,8-3)22-13-14-27-24(30-22)31-23(32)7-2)29-19-11-9-18(10-12-19)20-16-26-15-17(4)28-20/h9-16,23,29,32H,1,7-8H2,2-5H3,(H,27,30,31). The molecule has 0 amide bonds. The van der Waals surface area contributed by atoms with Gasteiger partial charge in [0.25, 0.3) is 0 Å². The van der Waals surface area contributed by atoms with E-state index in [4.69, 9.17) is 0 Å². The number of aromatic nitrogens is 4. The topological polar surface area (TPSA) is 95.9 Å². The number of aliphatic hydroxyl groups excluding tert-OH is 1. The highest BCUT2D eigenvalue weighted by Crippen LogP contribution is 2.35. The van der Waals surface area contributed by atoms with Crippen LogP contribution >= 0.6 is 0 Å². The summed E-state index contributed by atoms with van der Waals surface area (Å²) in [7, 11) is 0. The molecule has 0 bridgehead atoms. The van der Waals surface area contributed by atoms with Crippen LogP contribution in [0.3, 0.4) is 0 Å². The zero-order chi connectivity index (χ0) is 23.1. The van der Waals surface area contributed by atoms with Crippen LogP contribution in [0.5, 0.6) is 0 Å². The molecule has 2 aromatic heterocycles. The van der Waals surface area contributed by atoms with Crippen molar-refractivity contribution in [1.82, 2.24) is 19.9 Å². The predicted octanol–water partition coefficient (Wildman–Crippen LogP) is 4.83. The Bertz CT molecular complexity index is 1110. The number of nitrogens with zero attached hydrogens (tertiary/aromatic N) is 4. The van der Waals surface area contributed by atoms with Crippen LogP contribution in [0.25, 0.3) is 11.3 Å². The van der Waals surface area contributed by atoms with Gasteiger partial charge in [-0.3, -0.25) is 4.98 Å². The van der Waals surface area contributed by atoms with Crippen molar-refractivity contribution in [3.63, 3.8) is 0 Å². The van der Waals surface area contributed by atoms with Crippen molar-refractivity contribution >= 4 is 11.6 Å². The summed E-state index contributed by atoms with van der Waals surface area (Å²) in [6.45, 7) is 11.9. The fraction of sp³-hybridized carbons (Fsp3) is 0.320. The number of benzene rings is 1. The molecule has 0 aliphatic heterocycles. The molecule has 3 aromatic rings. The highest BCUT2D eigenvalue weighted by molar-refractivity contribution is 5.63. The van der Waals surface area contributed by atoms with Gasteiger partial charge in [-0.05, 0) is 44.9 Å². The summed E-state index contributed by atoms with van der Waals surface area (Å²) in [5.74, 6) is 0.392. The molecule has 0 saturated heterocycles. The van der Waals surface area contributed by atoms with Gasteiger partial charge in [-0.1, -0.05) is 32.6 Å². The molecule has 0 saturated carbocycles. The van der Waals surface area contributed by atoms with Gasteiger partial charge in [-0.2, -0.15) is 0 Å². The van der Waals surface area contributed by atoms with E-state index in [9.17, 15) is 5.11 Å². The van der Waals surface area contributed by atoms with Crippen LogP contribution in [0.15, 0.2) is 66.9 Å². The van der Waals surface area contributed by atoms with Gasteiger partial charge in [0, 0.05) is 23.6 Å². The lowest BCUT2D eigenvalue weighted by atomic mass is 9.80. The Morgan fingerprint density at radius 3 is 2.53 bits per heavy atom. The zero-order valence-corrected chi connectivity index (χ0v) is 19.1. The molecule has 7 nitrogen and oxygen atoms in total. The highest BCUT2D eigenvalue weighted by atomic mass is 16.3. The molecular formula is C25H30N6O. The fourth-order valence-electron chi connectivity index (χ4n) is 3.32. The third-order valence-corrected chi connectivity index (χ3v) is 5.54. The third-order valence-electron chi connectivity index (χ3n) is 5.54. The van der Waals surface area contributed by atoms with E-state index in [1.165, 1.54) is 0 Å². The van der Waals surface area contributed by atoms with E-state index >= 15 is 0 Å². The van der Waals surface area contributed by atoms with Crippen LogP contribution in [-0.2, 0) is 5.41 Å². The number of nitrogens with one attached hydrogen (secondary N) is 2. The van der Waals surface area contributed by atoms with Crippen molar-refractivity contribution in [3.05, 3.63) is 78.3 Å². The average Bonchev–Trinajstić information content (AvgIpc) is 2.82. The smallest absolute Gasteiger partial charge is 0.224 e. The number of aryl methyl sites for hydroxylation is 1. The quantitative estimate of drug-likeness (QED) is 0.330. The Kier molecular flexibility index (Phi) is 7.36. The molecule has 0 spiro atoms. The molecule has 0 aliphatic rings. The van der Waals surface area contributed by atoms with Gasteiger partial charge in [0.15, 0.2) is 0 Å². The van der Waals surface area contributed by atoms with E-state index in [0.29, 0.717) is 12.4 Å². The normalized spacial score (nSPS) is 13.5. The number of aliphatic hydroxyl groups is 1. The second-order valence-corrected chi connectivity index (χ2v) is 7.82. The van der Waals surface area contributed by atoms with Crippen LogP contribution in [0, 0.1) is 6.92 Å². The molecule has 0 aliphatic carbocycles. The first-order valence-corrected chi connectivity index (χ1v) is 10.7. The lowest BCUT2D eigenvalue weighted by Gasteiger charge is -2.30. The number of allylic oxidation sites excluding steroid dienone is 1. The predicted molar refractivity (Wildman–Crippen MR) is 128 cm³/mol. The van der Waals surface area contributed by atoms with Gasteiger partial charge in [-0.15, -0.1) is 5.73 Å². The maximum atomic E-state index is 9.89. The summed E-state index contributed by atoms with van der Waals surface area (Å²) in [6, 6.07) is 9.89. The largest absolute Gasteiger partial charge is 0.374 e. The SMILES string of the molecule is C=C=C(Nc1ccc(-c2cncc(C)n2)cc1)C(C)(CC)c1ccnc(NC(O)CC)n1. The average molecular weight is 431 g/mol. The summed E-state index contributed by atoms with van der Waals surface area (Å²) in [5.41, 5.74) is 7.84. The molecule has 1 aromatic carbocycles. The molecule has 7 heteroatoms. The Balaban J connectivity index is 1.85. The molecule has 0 radical (unpaired) electrons. The lowest BCUT2D eigenvalue weighted by Crippen LogP contribution is -2.30. The highest BCUT2D eigenvalue weighted by Gasteiger charge is 2.32. The minimum Gasteiger partial charge on any atom is -0.374 e. The van der Waals surface area contributed by atoms with E-state index < -0.39 is 11.6 Å². The van der Waals surface area contributed by atoms with Crippen molar-refractivity contribution in [3.8, 4) is 11.3 Å². The van der Waals surface area contributed by atoms with Gasteiger partial charge < -0.3 is 15.7 Å². The lowest BCUT2D eigenvalue weighted by molar-refractivity contribution is 0.198. The molecule has 2 atom stereocenters. The Morgan fingerprint density at radius 2 is 1.91 bits per heavy atom. The monoisotopic (exact) mass is 430 g/mol. The van der Waals surface area contributed by atoms with Gasteiger partial charge in [-0.25, -0.2) is 15.0 Å². The van der Waals surface area contributed by atoms with Crippen LogP contribution in [0.1, 0.15) is 45.0 Å². The number of rotatable bonds is 9. The molecule has 2 unspecified atom stereocenters. The number of anilines is 2. The van der Waals surface area contributed by atoms with Crippen LogP contribution < -0.4 is 10.6 Å². The van der Waals surface area contributed by atoms with Gasteiger partial charge in [0.1, 0.15) is 6.23 Å². The summed E-state index contributed by atoms with van der Waals surface area (Å²) in [4.78, 5) is 17.6. The first-order chi connectivity index (χ1) is 15.4. The van der Waals surface area contributed by atoms with E-state index in [-0.39, 0.29) is 0 Å². The van der Waals surface area contributed by atoms with Crippen LogP contribution in [-0.4, -0.2) is 31.3 Å². The van der Waals surface area contributed by atoms with Crippen molar-refractivity contribution in [2.24, 2.45) is 0 Å². The maximum absolute atomic E-state index is 9.89. The Morgan fingerprint density at radius 1 is 1.16 bits per heavy atom. The van der Waals surface area contributed by atoms with Gasteiger partial charge in [0.2, 0.25) is 5.95 Å². The second kappa shape index (κ2) is 10.2. The molecule has 3 rings (SSSR count). The molecule has 32 heavy (non-hydrogen) atoms. The minimum absolute atomic E-state index is 0.392. The Hall–Kier alpha value is -3.54. The summed E-state index contributed by atoms with van der Waals surface area (Å²) in [5, 5.41) is 16.3. The van der Waals surface area contributed by atoms with Gasteiger partial charge >= 0.3 is 0 Å². The van der Waals surface area contributed by atoms with E-state index in [1.54, 1.807) is 18.6 Å². The summed E-state index contributed by atoms with van der Waals surface area (Å²) >= 11 is 0. The maximum Gasteiger partial charge on any atom is 0.224 e. The molecule has 166 valence electrons. The summed E-state index contributed by atoms with van der Waals surface area (Å²) in [6.07, 6.45) is 5.82. The zero-order valence-electron chi connectivity index (χ0n) is 19.1. The summed E-state index contributed by atoms with van der Waals surface area (Å²) < 4.78 is 0.